The number of nitrogens with zero attached hydrogens (tertiary/aromatic N) is 2. The third-order valence-electron chi connectivity index (χ3n) is 3.54. The van der Waals surface area contributed by atoms with Crippen molar-refractivity contribution in [1.29, 1.82) is 0 Å². The highest BCUT2D eigenvalue weighted by Gasteiger charge is 2.11. The highest BCUT2D eigenvalue weighted by Crippen LogP contribution is 2.23. The molecule has 0 fully saturated rings. The Morgan fingerprint density at radius 3 is 2.50 bits per heavy atom. The minimum Gasteiger partial charge on any atom is -0.387 e. The number of nitrogens with one attached hydrogen (secondary N) is 2. The fraction of sp³-hybridized carbons (Fsp3) is 0.444. The van der Waals surface area contributed by atoms with Crippen LogP contribution in [-0.2, 0) is 6.54 Å². The summed E-state index contributed by atoms with van der Waals surface area (Å²) in [6.07, 6.45) is -0.748. The Hall–Kier alpha value is -1.34. The first-order valence-corrected chi connectivity index (χ1v) is 10.1. The van der Waals surface area contributed by atoms with Gasteiger partial charge in [0.25, 0.3) is 0 Å². The fourth-order valence-electron chi connectivity index (χ4n) is 2.24. The molecule has 0 amide bonds. The van der Waals surface area contributed by atoms with Gasteiger partial charge < -0.3 is 15.7 Å². The Labute approximate surface area is 168 Å². The molecule has 2 aromatic rings. The van der Waals surface area contributed by atoms with Crippen LogP contribution in [0.15, 0.2) is 28.6 Å². The Morgan fingerprint density at radius 2 is 1.92 bits per heavy atom. The number of benzene rings is 1. The van der Waals surface area contributed by atoms with Gasteiger partial charge in [0, 0.05) is 34.4 Å². The maximum Gasteiger partial charge on any atom is 0.191 e. The molecule has 0 saturated heterocycles. The lowest BCUT2D eigenvalue weighted by molar-refractivity contribution is 0.181. The molecule has 1 unspecified atom stereocenters. The lowest BCUT2D eigenvalue weighted by Crippen LogP contribution is -2.39. The summed E-state index contributed by atoms with van der Waals surface area (Å²) in [5.74, 6) is 1.04. The molecule has 5 nitrogen and oxygen atoms in total. The Balaban J connectivity index is 1.97. The molecule has 0 radical (unpaired) electrons. The number of hydrogen-bond donors (Lipinski definition) is 3. The van der Waals surface area contributed by atoms with Crippen LogP contribution in [0.1, 0.15) is 49.1 Å². The first kappa shape index (κ1) is 21.0. The summed E-state index contributed by atoms with van der Waals surface area (Å²) in [5.41, 5.74) is 1.60. The molecular weight excluding hydrogens is 391 g/mol. The number of aliphatic hydroxyl groups is 1. The zero-order valence-corrected chi connectivity index (χ0v) is 17.4. The van der Waals surface area contributed by atoms with E-state index in [1.165, 1.54) is 0 Å². The lowest BCUT2D eigenvalue weighted by Gasteiger charge is -2.16. The van der Waals surface area contributed by atoms with E-state index in [0.717, 1.165) is 17.2 Å². The molecule has 1 aromatic carbocycles. The maximum atomic E-state index is 10.4. The number of halogens is 2. The van der Waals surface area contributed by atoms with Gasteiger partial charge in [-0.1, -0.05) is 37.0 Å². The molecule has 1 atom stereocenters. The van der Waals surface area contributed by atoms with Gasteiger partial charge in [0.05, 0.1) is 23.4 Å². The molecule has 3 N–H and O–H groups in total. The molecule has 0 aliphatic heterocycles. The molecule has 1 aromatic heterocycles. The van der Waals surface area contributed by atoms with Gasteiger partial charge in [0.2, 0.25) is 0 Å². The second kappa shape index (κ2) is 10.1. The van der Waals surface area contributed by atoms with Crippen molar-refractivity contribution in [3.05, 3.63) is 49.9 Å². The van der Waals surface area contributed by atoms with Crippen LogP contribution in [0, 0.1) is 0 Å². The quantitative estimate of drug-likeness (QED) is 0.464. The summed E-state index contributed by atoms with van der Waals surface area (Å²) in [5, 5.41) is 20.8. The van der Waals surface area contributed by atoms with Crippen LogP contribution in [0.4, 0.5) is 0 Å². The summed E-state index contributed by atoms with van der Waals surface area (Å²) < 4.78 is 0. The molecule has 0 aliphatic rings. The summed E-state index contributed by atoms with van der Waals surface area (Å²) in [6.45, 7) is 7.74. The van der Waals surface area contributed by atoms with Crippen molar-refractivity contribution in [1.82, 2.24) is 15.6 Å². The van der Waals surface area contributed by atoms with Crippen molar-refractivity contribution in [3.8, 4) is 0 Å². The van der Waals surface area contributed by atoms with Crippen LogP contribution in [0.3, 0.4) is 0 Å². The largest absolute Gasteiger partial charge is 0.387 e. The number of guanidine groups is 1. The Bertz CT molecular complexity index is 728. The van der Waals surface area contributed by atoms with Crippen molar-refractivity contribution in [3.63, 3.8) is 0 Å². The van der Waals surface area contributed by atoms with E-state index >= 15 is 0 Å². The second-order valence-electron chi connectivity index (χ2n) is 6.13. The van der Waals surface area contributed by atoms with Crippen LogP contribution in [0.5, 0.6) is 0 Å². The molecule has 26 heavy (non-hydrogen) atoms. The van der Waals surface area contributed by atoms with Crippen molar-refractivity contribution >= 4 is 40.5 Å². The van der Waals surface area contributed by atoms with Crippen molar-refractivity contribution in [2.24, 2.45) is 4.99 Å². The highest BCUT2D eigenvalue weighted by molar-refractivity contribution is 7.09. The van der Waals surface area contributed by atoms with Gasteiger partial charge in [-0.05, 0) is 30.7 Å². The Morgan fingerprint density at radius 1 is 1.23 bits per heavy atom. The van der Waals surface area contributed by atoms with E-state index in [2.05, 4.69) is 34.5 Å². The topological polar surface area (TPSA) is 69.5 Å². The predicted octanol–water partition coefficient (Wildman–Crippen LogP) is 4.36. The van der Waals surface area contributed by atoms with Gasteiger partial charge in [0.1, 0.15) is 0 Å². The number of thiazole rings is 1. The highest BCUT2D eigenvalue weighted by atomic mass is 35.5. The van der Waals surface area contributed by atoms with Gasteiger partial charge in [-0.2, -0.15) is 0 Å². The van der Waals surface area contributed by atoms with E-state index < -0.39 is 6.10 Å². The van der Waals surface area contributed by atoms with E-state index in [4.69, 9.17) is 23.2 Å². The van der Waals surface area contributed by atoms with E-state index in [1.807, 2.05) is 12.3 Å². The SMILES string of the molecule is CCNC(=NCc1csc(C(C)C)n1)NCC(O)c1cc(Cl)cc(Cl)c1. The lowest BCUT2D eigenvalue weighted by atomic mass is 10.1. The molecule has 0 spiro atoms. The van der Waals surface area contributed by atoms with Gasteiger partial charge in [-0.25, -0.2) is 9.98 Å². The smallest absolute Gasteiger partial charge is 0.191 e. The zero-order chi connectivity index (χ0) is 19.1. The summed E-state index contributed by atoms with van der Waals surface area (Å²) in [6, 6.07) is 5.04. The first-order chi connectivity index (χ1) is 12.4. The minimum absolute atomic E-state index is 0.289. The van der Waals surface area contributed by atoms with Crippen LogP contribution in [0.2, 0.25) is 10.0 Å². The van der Waals surface area contributed by atoms with Gasteiger partial charge >= 0.3 is 0 Å². The minimum atomic E-state index is -0.748. The van der Waals surface area contributed by atoms with E-state index in [1.54, 1.807) is 29.5 Å². The maximum absolute atomic E-state index is 10.4. The van der Waals surface area contributed by atoms with Gasteiger partial charge in [-0.3, -0.25) is 0 Å². The summed E-state index contributed by atoms with van der Waals surface area (Å²) in [4.78, 5) is 9.11. The average molecular weight is 415 g/mol. The summed E-state index contributed by atoms with van der Waals surface area (Å²) in [7, 11) is 0. The van der Waals surface area contributed by atoms with Crippen LogP contribution >= 0.6 is 34.5 Å². The molecule has 0 saturated carbocycles. The molecular formula is C18H24Cl2N4OS. The third-order valence-corrected chi connectivity index (χ3v) is 5.17. The molecule has 0 aliphatic carbocycles. The van der Waals surface area contributed by atoms with Gasteiger partial charge in [-0.15, -0.1) is 11.3 Å². The monoisotopic (exact) mass is 414 g/mol. The summed E-state index contributed by atoms with van der Waals surface area (Å²) >= 11 is 13.6. The first-order valence-electron chi connectivity index (χ1n) is 8.49. The van der Waals surface area contributed by atoms with Crippen molar-refractivity contribution < 1.29 is 5.11 Å². The average Bonchev–Trinajstić information content (AvgIpc) is 3.05. The van der Waals surface area contributed by atoms with E-state index in [9.17, 15) is 5.11 Å². The molecule has 0 bridgehead atoms. The second-order valence-corrected chi connectivity index (χ2v) is 7.89. The normalized spacial score (nSPS) is 13.1. The number of hydrogen-bond acceptors (Lipinski definition) is 4. The molecule has 1 heterocycles. The Kier molecular flexibility index (Phi) is 8.15. The molecule has 8 heteroatoms. The van der Waals surface area contributed by atoms with Gasteiger partial charge in [0.15, 0.2) is 5.96 Å². The van der Waals surface area contributed by atoms with Crippen molar-refractivity contribution in [2.75, 3.05) is 13.1 Å². The van der Waals surface area contributed by atoms with Crippen LogP contribution < -0.4 is 10.6 Å². The third kappa shape index (κ3) is 6.43. The predicted molar refractivity (Wildman–Crippen MR) is 110 cm³/mol. The molecule has 142 valence electrons. The number of aliphatic imine (C=N–C) groups is 1. The number of aromatic nitrogens is 1. The molecule has 2 rings (SSSR count). The number of aliphatic hydroxyl groups excluding tert-OH is 1. The van der Waals surface area contributed by atoms with E-state index in [-0.39, 0.29) is 6.54 Å². The fourth-order valence-corrected chi connectivity index (χ4v) is 3.61. The standard InChI is InChI=1S/C18H24Cl2N4OS/c1-4-21-18(22-8-15-10-26-17(24-15)11(2)3)23-9-16(25)12-5-13(19)7-14(20)6-12/h5-7,10-11,16,25H,4,8-9H2,1-3H3,(H2,21,22,23). The van der Waals surface area contributed by atoms with Crippen LogP contribution in [0.25, 0.3) is 0 Å². The van der Waals surface area contributed by atoms with E-state index in [0.29, 0.717) is 34.0 Å². The van der Waals surface area contributed by atoms with Crippen molar-refractivity contribution in [2.45, 2.75) is 39.3 Å². The van der Waals surface area contributed by atoms with Crippen LogP contribution in [-0.4, -0.2) is 29.1 Å². The number of rotatable bonds is 7. The zero-order valence-electron chi connectivity index (χ0n) is 15.1.